The summed E-state index contributed by atoms with van der Waals surface area (Å²) in [5, 5.41) is 0. The van der Waals surface area contributed by atoms with E-state index in [0.29, 0.717) is 5.56 Å². The fourth-order valence-electron chi connectivity index (χ4n) is 2.31. The van der Waals surface area contributed by atoms with Gasteiger partial charge in [-0.3, -0.25) is 9.63 Å². The third kappa shape index (κ3) is 4.09. The molecule has 0 aromatic heterocycles. The molecule has 0 unspecified atom stereocenters. The summed E-state index contributed by atoms with van der Waals surface area (Å²) >= 11 is 3.40. The number of carbonyl (C=O) groups excluding carboxylic acids is 1. The van der Waals surface area contributed by atoms with Gasteiger partial charge >= 0.3 is 0 Å². The zero-order valence-corrected chi connectivity index (χ0v) is 16.8. The third-order valence-corrected chi connectivity index (χ3v) is 6.01. The van der Waals surface area contributed by atoms with E-state index >= 15 is 0 Å². The Kier molecular flexibility index (Phi) is 5.99. The Balaban J connectivity index is 2.29. The number of hydrogen-bond acceptors (Lipinski definition) is 4. The van der Waals surface area contributed by atoms with Crippen molar-refractivity contribution in [2.45, 2.75) is 11.8 Å². The average molecular weight is 427 g/mol. The van der Waals surface area contributed by atoms with Gasteiger partial charge in [0.1, 0.15) is 0 Å². The van der Waals surface area contributed by atoms with Gasteiger partial charge in [0.15, 0.2) is 0 Å². The van der Waals surface area contributed by atoms with Gasteiger partial charge < -0.3 is 4.90 Å². The summed E-state index contributed by atoms with van der Waals surface area (Å²) in [5.74, 6) is -0.227. The Hall–Kier alpha value is -1.74. The Morgan fingerprint density at radius 3 is 2.20 bits per heavy atom. The zero-order valence-electron chi connectivity index (χ0n) is 14.4. The second-order valence-corrected chi connectivity index (χ2v) is 8.27. The lowest BCUT2D eigenvalue weighted by Crippen LogP contribution is -2.27. The molecule has 0 saturated heterocycles. The number of carbonyl (C=O) groups is 1. The maximum absolute atomic E-state index is 12.7. The van der Waals surface area contributed by atoms with Crippen LogP contribution in [0.1, 0.15) is 15.9 Å². The Bertz CT molecular complexity index is 882. The van der Waals surface area contributed by atoms with Crippen molar-refractivity contribution in [2.24, 2.45) is 0 Å². The van der Waals surface area contributed by atoms with E-state index in [1.807, 2.05) is 25.1 Å². The van der Waals surface area contributed by atoms with E-state index < -0.39 is 10.0 Å². The highest BCUT2D eigenvalue weighted by molar-refractivity contribution is 9.10. The van der Waals surface area contributed by atoms with Crippen LogP contribution in [-0.2, 0) is 14.9 Å². The summed E-state index contributed by atoms with van der Waals surface area (Å²) in [6.45, 7) is 1.92. The minimum absolute atomic E-state index is 0.0517. The van der Waals surface area contributed by atoms with Gasteiger partial charge in [-0.1, -0.05) is 20.4 Å². The van der Waals surface area contributed by atoms with Crippen LogP contribution in [0.4, 0.5) is 5.69 Å². The number of aryl methyl sites for hydroxylation is 1. The molecule has 6 nitrogen and oxygen atoms in total. The SMILES string of the molecule is CON(C)S(=O)(=O)c1ccc(C(=O)N(C)c2ccc(Br)cc2C)cc1. The maximum Gasteiger partial charge on any atom is 0.264 e. The largest absolute Gasteiger partial charge is 0.311 e. The smallest absolute Gasteiger partial charge is 0.264 e. The van der Waals surface area contributed by atoms with E-state index in [0.717, 1.165) is 20.2 Å². The van der Waals surface area contributed by atoms with Crippen LogP contribution in [0.3, 0.4) is 0 Å². The normalized spacial score (nSPS) is 11.6. The minimum atomic E-state index is -3.73. The van der Waals surface area contributed by atoms with Crippen LogP contribution in [0.25, 0.3) is 0 Å². The monoisotopic (exact) mass is 426 g/mol. The second kappa shape index (κ2) is 7.65. The van der Waals surface area contributed by atoms with Crippen LogP contribution in [-0.4, -0.2) is 40.0 Å². The Morgan fingerprint density at radius 1 is 1.08 bits per heavy atom. The zero-order chi connectivity index (χ0) is 18.8. The van der Waals surface area contributed by atoms with Crippen LogP contribution in [0.15, 0.2) is 51.8 Å². The highest BCUT2D eigenvalue weighted by atomic mass is 79.9. The molecule has 2 aromatic rings. The van der Waals surface area contributed by atoms with Crippen LogP contribution in [0.5, 0.6) is 0 Å². The molecule has 0 bridgehead atoms. The van der Waals surface area contributed by atoms with E-state index in [1.54, 1.807) is 7.05 Å². The molecule has 0 atom stereocenters. The van der Waals surface area contributed by atoms with Gasteiger partial charge in [-0.15, -0.1) is 0 Å². The number of rotatable bonds is 5. The molecule has 8 heteroatoms. The third-order valence-electron chi connectivity index (χ3n) is 3.82. The van der Waals surface area contributed by atoms with Crippen LogP contribution >= 0.6 is 15.9 Å². The number of anilines is 1. The first-order valence-electron chi connectivity index (χ1n) is 7.36. The van der Waals surface area contributed by atoms with Crippen molar-refractivity contribution in [2.75, 3.05) is 26.1 Å². The molecule has 134 valence electrons. The second-order valence-electron chi connectivity index (χ2n) is 5.42. The minimum Gasteiger partial charge on any atom is -0.311 e. The summed E-state index contributed by atoms with van der Waals surface area (Å²) in [4.78, 5) is 19.0. The van der Waals surface area contributed by atoms with Crippen molar-refractivity contribution in [1.82, 2.24) is 4.47 Å². The predicted molar refractivity (Wildman–Crippen MR) is 100 cm³/mol. The van der Waals surface area contributed by atoms with Gasteiger partial charge in [-0.2, -0.15) is 0 Å². The Morgan fingerprint density at radius 2 is 1.68 bits per heavy atom. The molecule has 0 spiro atoms. The van der Waals surface area contributed by atoms with Crippen LogP contribution in [0.2, 0.25) is 0 Å². The molecule has 0 saturated carbocycles. The number of halogens is 1. The average Bonchev–Trinajstić information content (AvgIpc) is 2.59. The van der Waals surface area contributed by atoms with Gasteiger partial charge in [-0.25, -0.2) is 8.42 Å². The molecule has 1 amide bonds. The number of sulfonamides is 1. The molecule has 2 rings (SSSR count). The van der Waals surface area contributed by atoms with Gasteiger partial charge in [0, 0.05) is 29.8 Å². The molecule has 0 heterocycles. The molecule has 0 aliphatic rings. The fraction of sp³-hybridized carbons (Fsp3) is 0.235. The van der Waals surface area contributed by atoms with Crippen molar-refractivity contribution in [3.05, 3.63) is 58.1 Å². The number of amides is 1. The van der Waals surface area contributed by atoms with Crippen molar-refractivity contribution in [1.29, 1.82) is 0 Å². The number of hydroxylamine groups is 1. The molecule has 2 aromatic carbocycles. The highest BCUT2D eigenvalue weighted by Crippen LogP contribution is 2.24. The lowest BCUT2D eigenvalue weighted by molar-refractivity contribution is -0.0258. The summed E-state index contributed by atoms with van der Waals surface area (Å²) < 4.78 is 26.1. The van der Waals surface area contributed by atoms with Crippen LogP contribution < -0.4 is 4.90 Å². The Labute approximate surface area is 156 Å². The first-order chi connectivity index (χ1) is 11.7. The van der Waals surface area contributed by atoms with E-state index in [2.05, 4.69) is 15.9 Å². The van der Waals surface area contributed by atoms with Crippen LogP contribution in [0, 0.1) is 6.92 Å². The summed E-state index contributed by atoms with van der Waals surface area (Å²) in [6.07, 6.45) is 0. The molecule has 0 aliphatic carbocycles. The van der Waals surface area contributed by atoms with E-state index in [1.165, 1.54) is 43.3 Å². The molecular weight excluding hydrogens is 408 g/mol. The van der Waals surface area contributed by atoms with Gasteiger partial charge in [0.2, 0.25) is 0 Å². The van der Waals surface area contributed by atoms with Crippen molar-refractivity contribution < 1.29 is 18.0 Å². The summed E-state index contributed by atoms with van der Waals surface area (Å²) in [5.41, 5.74) is 2.12. The van der Waals surface area contributed by atoms with Gasteiger partial charge in [0.05, 0.1) is 12.0 Å². The topological polar surface area (TPSA) is 66.9 Å². The lowest BCUT2D eigenvalue weighted by atomic mass is 10.1. The first-order valence-corrected chi connectivity index (χ1v) is 9.59. The molecule has 0 N–H and O–H groups in total. The van der Waals surface area contributed by atoms with Crippen molar-refractivity contribution in [3.63, 3.8) is 0 Å². The molecule has 0 fully saturated rings. The predicted octanol–water partition coefficient (Wildman–Crippen LogP) is 3.22. The number of nitrogens with zero attached hydrogens (tertiary/aromatic N) is 2. The standard InChI is InChI=1S/C17H19BrN2O4S/c1-12-11-14(18)7-10-16(12)19(2)17(21)13-5-8-15(9-6-13)25(22,23)20(3)24-4/h5-11H,1-4H3. The van der Waals surface area contributed by atoms with E-state index in [-0.39, 0.29) is 10.8 Å². The van der Waals surface area contributed by atoms with Crippen molar-refractivity contribution in [3.8, 4) is 0 Å². The maximum atomic E-state index is 12.7. The summed E-state index contributed by atoms with van der Waals surface area (Å²) in [6, 6.07) is 11.4. The quantitative estimate of drug-likeness (QED) is 0.688. The molecule has 25 heavy (non-hydrogen) atoms. The lowest BCUT2D eigenvalue weighted by Gasteiger charge is -2.20. The molecular formula is C17H19BrN2O4S. The van der Waals surface area contributed by atoms with Gasteiger partial charge in [-0.05, 0) is 55.0 Å². The van der Waals surface area contributed by atoms with E-state index in [9.17, 15) is 13.2 Å². The number of benzene rings is 2. The summed E-state index contributed by atoms with van der Waals surface area (Å²) in [7, 11) is 0.521. The van der Waals surface area contributed by atoms with Crippen molar-refractivity contribution >= 4 is 37.5 Å². The molecule has 0 aliphatic heterocycles. The highest BCUT2D eigenvalue weighted by Gasteiger charge is 2.22. The first kappa shape index (κ1) is 19.6. The fourth-order valence-corrected chi connectivity index (χ4v) is 3.76. The van der Waals surface area contributed by atoms with E-state index in [4.69, 9.17) is 4.84 Å². The number of hydrogen-bond donors (Lipinski definition) is 0. The molecule has 0 radical (unpaired) electrons. The van der Waals surface area contributed by atoms with Gasteiger partial charge in [0.25, 0.3) is 15.9 Å².